The summed E-state index contributed by atoms with van der Waals surface area (Å²) in [6, 6.07) is 27.1. The first-order valence-electron chi connectivity index (χ1n) is 10.7. The lowest BCUT2D eigenvalue weighted by Gasteiger charge is -2.33. The zero-order valence-electron chi connectivity index (χ0n) is 16.8. The standard InChI is InChI=1S/C27H29Br/c1-2-3-4-5-6-11-20-27(21-16-18-22(28)19-17-21)25-14-9-7-12-23(25)24-13-8-10-15-26(24)27/h7-10,12-19H,2-6,11,20H2,1H3. The number of hydrogen-bond acceptors (Lipinski definition) is 0. The molecule has 1 aliphatic rings. The predicted octanol–water partition coefficient (Wildman–Crippen LogP) is 8.51. The van der Waals surface area contributed by atoms with Crippen molar-refractivity contribution in [3.05, 3.63) is 94.0 Å². The Hall–Kier alpha value is -1.86. The van der Waals surface area contributed by atoms with E-state index in [0.29, 0.717) is 0 Å². The van der Waals surface area contributed by atoms with Crippen molar-refractivity contribution in [3.63, 3.8) is 0 Å². The van der Waals surface area contributed by atoms with E-state index >= 15 is 0 Å². The molecule has 0 atom stereocenters. The maximum absolute atomic E-state index is 3.62. The fraction of sp³-hybridized carbons (Fsp3) is 0.333. The molecule has 28 heavy (non-hydrogen) atoms. The molecular formula is C27H29Br. The van der Waals surface area contributed by atoms with E-state index in [1.165, 1.54) is 72.8 Å². The Morgan fingerprint density at radius 1 is 0.643 bits per heavy atom. The number of rotatable bonds is 8. The van der Waals surface area contributed by atoms with Crippen molar-refractivity contribution in [2.45, 2.75) is 57.3 Å². The number of unbranched alkanes of at least 4 members (excludes halogenated alkanes) is 5. The highest BCUT2D eigenvalue weighted by molar-refractivity contribution is 9.10. The quantitative estimate of drug-likeness (QED) is 0.312. The zero-order valence-corrected chi connectivity index (χ0v) is 18.3. The summed E-state index contributed by atoms with van der Waals surface area (Å²) in [7, 11) is 0. The third kappa shape index (κ3) is 3.46. The van der Waals surface area contributed by atoms with Crippen molar-refractivity contribution < 1.29 is 0 Å². The van der Waals surface area contributed by atoms with E-state index in [9.17, 15) is 0 Å². The van der Waals surface area contributed by atoms with Crippen LogP contribution in [0.25, 0.3) is 11.1 Å². The van der Waals surface area contributed by atoms with Gasteiger partial charge in [-0.3, -0.25) is 0 Å². The van der Waals surface area contributed by atoms with Crippen LogP contribution in [0, 0.1) is 0 Å². The van der Waals surface area contributed by atoms with Crippen LogP contribution in [0.1, 0.15) is 68.6 Å². The maximum Gasteiger partial charge on any atom is 0.0463 e. The molecule has 0 bridgehead atoms. The summed E-state index contributed by atoms with van der Waals surface area (Å²) >= 11 is 3.62. The number of fused-ring (bicyclic) bond motifs is 3. The van der Waals surface area contributed by atoms with Gasteiger partial charge in [0, 0.05) is 9.89 Å². The molecule has 0 saturated carbocycles. The van der Waals surface area contributed by atoms with Crippen molar-refractivity contribution in [3.8, 4) is 11.1 Å². The van der Waals surface area contributed by atoms with Crippen LogP contribution in [0.5, 0.6) is 0 Å². The Kier molecular flexibility index (Phi) is 6.01. The van der Waals surface area contributed by atoms with Gasteiger partial charge < -0.3 is 0 Å². The summed E-state index contributed by atoms with van der Waals surface area (Å²) in [5.41, 5.74) is 7.17. The van der Waals surface area contributed by atoms with Crippen molar-refractivity contribution >= 4 is 15.9 Å². The second kappa shape index (κ2) is 8.66. The van der Waals surface area contributed by atoms with Crippen LogP contribution < -0.4 is 0 Å². The number of halogens is 1. The van der Waals surface area contributed by atoms with Gasteiger partial charge in [0.2, 0.25) is 0 Å². The molecule has 0 fully saturated rings. The Morgan fingerprint density at radius 3 is 1.79 bits per heavy atom. The van der Waals surface area contributed by atoms with Crippen LogP contribution in [-0.2, 0) is 5.41 Å². The van der Waals surface area contributed by atoms with Gasteiger partial charge in [0.1, 0.15) is 0 Å². The van der Waals surface area contributed by atoms with E-state index in [0.717, 1.165) is 4.47 Å². The molecule has 0 nitrogen and oxygen atoms in total. The molecule has 144 valence electrons. The van der Waals surface area contributed by atoms with Crippen molar-refractivity contribution in [2.24, 2.45) is 0 Å². The van der Waals surface area contributed by atoms with E-state index in [1.54, 1.807) is 0 Å². The Balaban J connectivity index is 1.76. The third-order valence-electron chi connectivity index (χ3n) is 6.31. The SMILES string of the molecule is CCCCCCCCC1(c2ccc(Br)cc2)c2ccccc2-c2ccccc21. The first kappa shape index (κ1) is 19.5. The van der Waals surface area contributed by atoms with E-state index in [1.807, 2.05) is 0 Å². The number of benzene rings is 3. The Bertz CT molecular complexity index is 878. The second-order valence-corrected chi connectivity index (χ2v) is 8.94. The predicted molar refractivity (Wildman–Crippen MR) is 124 cm³/mol. The van der Waals surface area contributed by atoms with Crippen molar-refractivity contribution in [1.29, 1.82) is 0 Å². The molecule has 1 heteroatoms. The molecule has 0 aromatic heterocycles. The molecule has 0 saturated heterocycles. The molecule has 0 unspecified atom stereocenters. The topological polar surface area (TPSA) is 0 Å². The minimum absolute atomic E-state index is 0.0291. The van der Waals surface area contributed by atoms with Gasteiger partial charge in [-0.15, -0.1) is 0 Å². The molecule has 3 aromatic rings. The summed E-state index contributed by atoms with van der Waals surface area (Å²) in [5.74, 6) is 0. The lowest BCUT2D eigenvalue weighted by Crippen LogP contribution is -2.27. The van der Waals surface area contributed by atoms with Gasteiger partial charge >= 0.3 is 0 Å². The van der Waals surface area contributed by atoms with E-state index < -0.39 is 0 Å². The summed E-state index contributed by atoms with van der Waals surface area (Å²) in [6.07, 6.45) is 9.16. The normalized spacial score (nSPS) is 13.9. The summed E-state index contributed by atoms with van der Waals surface area (Å²) in [4.78, 5) is 0. The maximum atomic E-state index is 3.62. The molecule has 0 radical (unpaired) electrons. The molecule has 0 aliphatic heterocycles. The van der Waals surface area contributed by atoms with Gasteiger partial charge in [0.15, 0.2) is 0 Å². The van der Waals surface area contributed by atoms with Gasteiger partial charge in [-0.1, -0.05) is 122 Å². The van der Waals surface area contributed by atoms with Crippen LogP contribution in [0.4, 0.5) is 0 Å². The molecule has 0 spiro atoms. The molecule has 3 aromatic carbocycles. The minimum Gasteiger partial charge on any atom is -0.0654 e. The van der Waals surface area contributed by atoms with Gasteiger partial charge in [0.05, 0.1) is 0 Å². The Labute approximate surface area is 178 Å². The molecule has 1 aliphatic carbocycles. The van der Waals surface area contributed by atoms with E-state index in [4.69, 9.17) is 0 Å². The van der Waals surface area contributed by atoms with E-state index in [2.05, 4.69) is 95.7 Å². The Morgan fingerprint density at radius 2 is 1.18 bits per heavy atom. The lowest BCUT2D eigenvalue weighted by atomic mass is 9.69. The highest BCUT2D eigenvalue weighted by atomic mass is 79.9. The fourth-order valence-electron chi connectivity index (χ4n) is 4.95. The van der Waals surface area contributed by atoms with Gasteiger partial charge in [-0.05, 0) is 46.4 Å². The summed E-state index contributed by atoms with van der Waals surface area (Å²) in [6.45, 7) is 2.29. The first-order chi connectivity index (χ1) is 13.8. The fourth-order valence-corrected chi connectivity index (χ4v) is 5.22. The van der Waals surface area contributed by atoms with Crippen LogP contribution in [0.2, 0.25) is 0 Å². The van der Waals surface area contributed by atoms with Crippen LogP contribution >= 0.6 is 15.9 Å². The van der Waals surface area contributed by atoms with Crippen molar-refractivity contribution in [2.75, 3.05) is 0 Å². The van der Waals surface area contributed by atoms with Crippen LogP contribution in [0.15, 0.2) is 77.3 Å². The summed E-state index contributed by atoms with van der Waals surface area (Å²) < 4.78 is 1.14. The van der Waals surface area contributed by atoms with Gasteiger partial charge in [0.25, 0.3) is 0 Å². The largest absolute Gasteiger partial charge is 0.0654 e. The summed E-state index contributed by atoms with van der Waals surface area (Å²) in [5, 5.41) is 0. The lowest BCUT2D eigenvalue weighted by molar-refractivity contribution is 0.506. The van der Waals surface area contributed by atoms with E-state index in [-0.39, 0.29) is 5.41 Å². The van der Waals surface area contributed by atoms with Gasteiger partial charge in [-0.25, -0.2) is 0 Å². The zero-order chi connectivity index (χ0) is 19.4. The van der Waals surface area contributed by atoms with Crippen LogP contribution in [0.3, 0.4) is 0 Å². The van der Waals surface area contributed by atoms with Gasteiger partial charge in [-0.2, -0.15) is 0 Å². The minimum atomic E-state index is -0.0291. The highest BCUT2D eigenvalue weighted by Gasteiger charge is 2.43. The number of hydrogen-bond donors (Lipinski definition) is 0. The monoisotopic (exact) mass is 432 g/mol. The molecule has 0 N–H and O–H groups in total. The molecule has 0 heterocycles. The first-order valence-corrected chi connectivity index (χ1v) is 11.5. The molecular weight excluding hydrogens is 404 g/mol. The molecule has 0 amide bonds. The second-order valence-electron chi connectivity index (χ2n) is 8.02. The molecule has 4 rings (SSSR count). The average molecular weight is 433 g/mol. The van der Waals surface area contributed by atoms with Crippen LogP contribution in [-0.4, -0.2) is 0 Å². The third-order valence-corrected chi connectivity index (χ3v) is 6.83. The average Bonchev–Trinajstić information content (AvgIpc) is 3.02. The highest BCUT2D eigenvalue weighted by Crippen LogP contribution is 2.54. The van der Waals surface area contributed by atoms with Crippen molar-refractivity contribution in [1.82, 2.24) is 0 Å². The smallest absolute Gasteiger partial charge is 0.0463 e.